The van der Waals surface area contributed by atoms with Crippen LogP contribution in [0.25, 0.3) is 0 Å². The van der Waals surface area contributed by atoms with Gasteiger partial charge >= 0.3 is 5.97 Å². The third-order valence-corrected chi connectivity index (χ3v) is 2.28. The molecule has 0 radical (unpaired) electrons. The fraction of sp³-hybridized carbons (Fsp3) is 0.700. The Kier molecular flexibility index (Phi) is 3.32. The van der Waals surface area contributed by atoms with Crippen molar-refractivity contribution in [2.45, 2.75) is 33.1 Å². The van der Waals surface area contributed by atoms with Crippen LogP contribution in [0.4, 0.5) is 0 Å². The van der Waals surface area contributed by atoms with Crippen LogP contribution in [0.1, 0.15) is 33.1 Å². The van der Waals surface area contributed by atoms with Crippen LogP contribution in [-0.2, 0) is 9.53 Å². The van der Waals surface area contributed by atoms with Crippen LogP contribution < -0.4 is 0 Å². The second-order valence-electron chi connectivity index (χ2n) is 3.18. The maximum atomic E-state index is 11.3. The normalized spacial score (nSPS) is 23.2. The van der Waals surface area contributed by atoms with Gasteiger partial charge in [0.15, 0.2) is 0 Å². The monoisotopic (exact) mass is 168 g/mol. The molecule has 0 aromatic rings. The van der Waals surface area contributed by atoms with Crippen LogP contribution in [0.2, 0.25) is 0 Å². The Morgan fingerprint density at radius 1 is 1.75 bits per heavy atom. The molecule has 0 fully saturated rings. The lowest BCUT2D eigenvalue weighted by Gasteiger charge is -2.19. The van der Waals surface area contributed by atoms with E-state index in [4.69, 9.17) is 4.74 Å². The second-order valence-corrected chi connectivity index (χ2v) is 3.18. The van der Waals surface area contributed by atoms with E-state index in [1.807, 2.05) is 13.8 Å². The van der Waals surface area contributed by atoms with Gasteiger partial charge in [0, 0.05) is 0 Å². The molecule has 0 heterocycles. The van der Waals surface area contributed by atoms with Gasteiger partial charge in [0.2, 0.25) is 0 Å². The van der Waals surface area contributed by atoms with E-state index in [1.165, 1.54) is 5.57 Å². The lowest BCUT2D eigenvalue weighted by Crippen LogP contribution is -2.20. The van der Waals surface area contributed by atoms with Gasteiger partial charge in [0.25, 0.3) is 0 Å². The first-order valence-electron chi connectivity index (χ1n) is 4.59. The lowest BCUT2D eigenvalue weighted by atomic mass is 9.89. The van der Waals surface area contributed by atoms with E-state index in [1.54, 1.807) is 0 Å². The molecule has 68 valence electrons. The molecule has 0 aliphatic heterocycles. The summed E-state index contributed by atoms with van der Waals surface area (Å²) >= 11 is 0. The number of carbonyl (C=O) groups excluding carboxylic acids is 1. The number of hydrogen-bond acceptors (Lipinski definition) is 2. The van der Waals surface area contributed by atoms with Crippen molar-refractivity contribution in [2.24, 2.45) is 5.92 Å². The largest absolute Gasteiger partial charge is 0.466 e. The summed E-state index contributed by atoms with van der Waals surface area (Å²) in [5, 5.41) is 0. The molecule has 0 bridgehead atoms. The maximum Gasteiger partial charge on any atom is 0.313 e. The summed E-state index contributed by atoms with van der Waals surface area (Å²) in [6.07, 6.45) is 5.33. The first kappa shape index (κ1) is 9.30. The fourth-order valence-corrected chi connectivity index (χ4v) is 1.57. The van der Waals surface area contributed by atoms with Crippen LogP contribution >= 0.6 is 0 Å². The molecule has 1 unspecified atom stereocenters. The Hall–Kier alpha value is -0.790. The number of ether oxygens (including phenoxy) is 1. The van der Waals surface area contributed by atoms with Crippen molar-refractivity contribution >= 4 is 5.97 Å². The van der Waals surface area contributed by atoms with Gasteiger partial charge in [0.05, 0.1) is 12.5 Å². The average molecular weight is 168 g/mol. The summed E-state index contributed by atoms with van der Waals surface area (Å²) in [6.45, 7) is 4.35. The molecule has 12 heavy (non-hydrogen) atoms. The summed E-state index contributed by atoms with van der Waals surface area (Å²) in [6, 6.07) is 0. The number of rotatable bonds is 2. The van der Waals surface area contributed by atoms with Crippen molar-refractivity contribution in [2.75, 3.05) is 6.61 Å². The Morgan fingerprint density at radius 3 is 3.08 bits per heavy atom. The fourth-order valence-electron chi connectivity index (χ4n) is 1.57. The number of hydrogen-bond donors (Lipinski definition) is 0. The molecule has 0 aromatic heterocycles. The standard InChI is InChI=1S/C10H16O2/c1-3-12-10(11)9-7-5-4-6-8(9)2/h6,9H,3-5,7H2,1-2H3. The number of carbonyl (C=O) groups is 1. The molecule has 1 aliphatic rings. The van der Waals surface area contributed by atoms with E-state index in [2.05, 4.69) is 6.08 Å². The molecule has 2 heteroatoms. The van der Waals surface area contributed by atoms with Gasteiger partial charge in [-0.1, -0.05) is 11.6 Å². The minimum atomic E-state index is -0.0500. The van der Waals surface area contributed by atoms with Crippen LogP contribution in [0, 0.1) is 5.92 Å². The van der Waals surface area contributed by atoms with E-state index < -0.39 is 0 Å². The van der Waals surface area contributed by atoms with Crippen molar-refractivity contribution in [3.8, 4) is 0 Å². The van der Waals surface area contributed by atoms with E-state index in [9.17, 15) is 4.79 Å². The van der Waals surface area contributed by atoms with Crippen LogP contribution in [0.15, 0.2) is 11.6 Å². The highest BCUT2D eigenvalue weighted by molar-refractivity contribution is 5.75. The molecule has 1 aliphatic carbocycles. The smallest absolute Gasteiger partial charge is 0.313 e. The van der Waals surface area contributed by atoms with Crippen molar-refractivity contribution in [1.82, 2.24) is 0 Å². The first-order valence-corrected chi connectivity index (χ1v) is 4.59. The summed E-state index contributed by atoms with van der Waals surface area (Å²) in [5.74, 6) is -0.00958. The predicted molar refractivity (Wildman–Crippen MR) is 47.7 cm³/mol. The molecular formula is C10H16O2. The van der Waals surface area contributed by atoms with Gasteiger partial charge in [-0.15, -0.1) is 0 Å². The third-order valence-electron chi connectivity index (χ3n) is 2.28. The number of allylic oxidation sites excluding steroid dienone is 1. The Bertz CT molecular complexity index is 194. The Labute approximate surface area is 73.6 Å². The SMILES string of the molecule is CCOC(=O)C1CCCC=C1C. The molecule has 1 atom stereocenters. The highest BCUT2D eigenvalue weighted by Gasteiger charge is 2.22. The van der Waals surface area contributed by atoms with Crippen molar-refractivity contribution in [1.29, 1.82) is 0 Å². The van der Waals surface area contributed by atoms with Crippen molar-refractivity contribution < 1.29 is 9.53 Å². The third kappa shape index (κ3) is 2.10. The van der Waals surface area contributed by atoms with Gasteiger partial charge in [-0.3, -0.25) is 4.79 Å². The molecule has 1 rings (SSSR count). The molecule has 0 N–H and O–H groups in total. The molecule has 0 saturated heterocycles. The van der Waals surface area contributed by atoms with Crippen LogP contribution in [0.3, 0.4) is 0 Å². The minimum absolute atomic E-state index is 0.0405. The minimum Gasteiger partial charge on any atom is -0.466 e. The van der Waals surface area contributed by atoms with Gasteiger partial charge < -0.3 is 4.74 Å². The summed E-state index contributed by atoms with van der Waals surface area (Å²) in [4.78, 5) is 11.3. The highest BCUT2D eigenvalue weighted by atomic mass is 16.5. The highest BCUT2D eigenvalue weighted by Crippen LogP contribution is 2.25. The molecule has 2 nitrogen and oxygen atoms in total. The van der Waals surface area contributed by atoms with Crippen molar-refractivity contribution in [3.05, 3.63) is 11.6 Å². The van der Waals surface area contributed by atoms with Gasteiger partial charge in [-0.05, 0) is 33.1 Å². The van der Waals surface area contributed by atoms with Crippen LogP contribution in [-0.4, -0.2) is 12.6 Å². The zero-order valence-corrected chi connectivity index (χ0v) is 7.80. The predicted octanol–water partition coefficient (Wildman–Crippen LogP) is 2.30. The molecule has 0 aromatic carbocycles. The second kappa shape index (κ2) is 4.29. The Balaban J connectivity index is 2.55. The Morgan fingerprint density at radius 2 is 2.50 bits per heavy atom. The summed E-state index contributed by atoms with van der Waals surface area (Å²) < 4.78 is 4.97. The maximum absolute atomic E-state index is 11.3. The van der Waals surface area contributed by atoms with Gasteiger partial charge in [-0.2, -0.15) is 0 Å². The van der Waals surface area contributed by atoms with Gasteiger partial charge in [0.1, 0.15) is 0 Å². The zero-order valence-electron chi connectivity index (χ0n) is 7.80. The molecule has 0 saturated carbocycles. The topological polar surface area (TPSA) is 26.3 Å². The van der Waals surface area contributed by atoms with Crippen molar-refractivity contribution in [3.63, 3.8) is 0 Å². The van der Waals surface area contributed by atoms with E-state index in [0.29, 0.717) is 6.61 Å². The quantitative estimate of drug-likeness (QED) is 0.467. The van der Waals surface area contributed by atoms with E-state index in [-0.39, 0.29) is 11.9 Å². The number of esters is 1. The zero-order chi connectivity index (χ0) is 8.97. The molecular weight excluding hydrogens is 152 g/mol. The molecule has 0 amide bonds. The van der Waals surface area contributed by atoms with E-state index in [0.717, 1.165) is 19.3 Å². The first-order chi connectivity index (χ1) is 5.75. The summed E-state index contributed by atoms with van der Waals surface area (Å²) in [5.41, 5.74) is 1.18. The summed E-state index contributed by atoms with van der Waals surface area (Å²) in [7, 11) is 0. The average Bonchev–Trinajstić information content (AvgIpc) is 2.05. The van der Waals surface area contributed by atoms with E-state index >= 15 is 0 Å². The van der Waals surface area contributed by atoms with Crippen LogP contribution in [0.5, 0.6) is 0 Å². The molecule has 0 spiro atoms. The van der Waals surface area contributed by atoms with Gasteiger partial charge in [-0.25, -0.2) is 0 Å². The lowest BCUT2D eigenvalue weighted by molar-refractivity contribution is -0.147.